The van der Waals surface area contributed by atoms with Crippen molar-refractivity contribution in [1.29, 1.82) is 0 Å². The first-order valence-corrected chi connectivity index (χ1v) is 7.42. The van der Waals surface area contributed by atoms with Crippen molar-refractivity contribution in [1.82, 2.24) is 0 Å². The Bertz CT molecular complexity index is 505. The third-order valence-corrected chi connectivity index (χ3v) is 4.21. The summed E-state index contributed by atoms with van der Waals surface area (Å²) in [6.07, 6.45) is 0.974. The molecule has 102 valence electrons. The van der Waals surface area contributed by atoms with E-state index in [0.717, 1.165) is 13.0 Å². The topological polar surface area (TPSA) is 21.3 Å². The van der Waals surface area contributed by atoms with Gasteiger partial charge in [0.25, 0.3) is 0 Å². The number of thiophene rings is 1. The number of benzene rings is 1. The highest BCUT2D eigenvalue weighted by Crippen LogP contribution is 2.31. The summed E-state index contributed by atoms with van der Waals surface area (Å²) in [7, 11) is 1.76. The van der Waals surface area contributed by atoms with Gasteiger partial charge in [-0.3, -0.25) is 0 Å². The highest BCUT2D eigenvalue weighted by atomic mass is 32.1. The van der Waals surface area contributed by atoms with Gasteiger partial charge in [0.2, 0.25) is 0 Å². The van der Waals surface area contributed by atoms with Crippen molar-refractivity contribution in [3.05, 3.63) is 41.8 Å². The molecule has 0 fully saturated rings. The molecule has 1 N–H and O–H groups in total. The van der Waals surface area contributed by atoms with Crippen LogP contribution in [0.2, 0.25) is 0 Å². The lowest BCUT2D eigenvalue weighted by atomic mass is 10.1. The number of nitrogens with one attached hydrogen (secondary N) is 1. The molecular weight excluding hydrogens is 254 g/mol. The van der Waals surface area contributed by atoms with Gasteiger partial charge in [-0.1, -0.05) is 24.3 Å². The highest BCUT2D eigenvalue weighted by molar-refractivity contribution is 7.13. The Morgan fingerprint density at radius 2 is 1.95 bits per heavy atom. The number of hydrogen-bond acceptors (Lipinski definition) is 3. The van der Waals surface area contributed by atoms with Crippen molar-refractivity contribution >= 4 is 17.0 Å². The van der Waals surface area contributed by atoms with Gasteiger partial charge in [-0.05, 0) is 37.8 Å². The standard InChI is InChI=1S/C16H21NOS/c1-16(2,18-3)10-11-17-14-8-5-4-7-13(14)15-9-6-12-19-15/h4-9,12,17H,10-11H2,1-3H3. The van der Waals surface area contributed by atoms with E-state index in [9.17, 15) is 0 Å². The van der Waals surface area contributed by atoms with Crippen molar-refractivity contribution in [2.75, 3.05) is 19.0 Å². The molecule has 0 unspecified atom stereocenters. The molecule has 0 bridgehead atoms. The lowest BCUT2D eigenvalue weighted by molar-refractivity contribution is 0.0185. The van der Waals surface area contributed by atoms with E-state index in [0.29, 0.717) is 0 Å². The Labute approximate surface area is 119 Å². The molecule has 19 heavy (non-hydrogen) atoms. The van der Waals surface area contributed by atoms with E-state index in [1.165, 1.54) is 16.1 Å². The molecule has 0 aliphatic carbocycles. The molecule has 1 aromatic carbocycles. The van der Waals surface area contributed by atoms with Gasteiger partial charge in [-0.25, -0.2) is 0 Å². The van der Waals surface area contributed by atoms with E-state index < -0.39 is 0 Å². The SMILES string of the molecule is COC(C)(C)CCNc1ccccc1-c1cccs1. The molecule has 3 heteroatoms. The zero-order valence-electron chi connectivity index (χ0n) is 11.8. The average Bonchev–Trinajstić information content (AvgIpc) is 2.93. The first kappa shape index (κ1) is 14.1. The van der Waals surface area contributed by atoms with Gasteiger partial charge in [-0.15, -0.1) is 11.3 Å². The van der Waals surface area contributed by atoms with Gasteiger partial charge >= 0.3 is 0 Å². The van der Waals surface area contributed by atoms with Gasteiger partial charge in [0.05, 0.1) is 5.60 Å². The van der Waals surface area contributed by atoms with Gasteiger partial charge in [0, 0.05) is 29.8 Å². The normalized spacial score (nSPS) is 11.5. The molecule has 1 aromatic heterocycles. The molecule has 2 rings (SSSR count). The molecular formula is C16H21NOS. The molecule has 0 amide bonds. The van der Waals surface area contributed by atoms with Crippen LogP contribution in [0, 0.1) is 0 Å². The van der Waals surface area contributed by atoms with E-state index in [1.807, 2.05) is 0 Å². The number of anilines is 1. The van der Waals surface area contributed by atoms with Crippen molar-refractivity contribution in [2.45, 2.75) is 25.9 Å². The molecule has 0 saturated carbocycles. The Morgan fingerprint density at radius 1 is 1.16 bits per heavy atom. The maximum Gasteiger partial charge on any atom is 0.0639 e. The van der Waals surface area contributed by atoms with Crippen LogP contribution in [-0.4, -0.2) is 19.3 Å². The lowest BCUT2D eigenvalue weighted by Crippen LogP contribution is -2.25. The average molecular weight is 275 g/mol. The number of hydrogen-bond donors (Lipinski definition) is 1. The van der Waals surface area contributed by atoms with Crippen molar-refractivity contribution < 1.29 is 4.74 Å². The number of methoxy groups -OCH3 is 1. The van der Waals surface area contributed by atoms with Gasteiger partial charge in [0.15, 0.2) is 0 Å². The van der Waals surface area contributed by atoms with Crippen LogP contribution in [0.3, 0.4) is 0 Å². The zero-order chi connectivity index (χ0) is 13.7. The van der Waals surface area contributed by atoms with Crippen LogP contribution in [0.25, 0.3) is 10.4 Å². The summed E-state index contributed by atoms with van der Waals surface area (Å²) >= 11 is 1.77. The second-order valence-electron chi connectivity index (χ2n) is 5.16. The minimum absolute atomic E-state index is 0.0785. The van der Waals surface area contributed by atoms with Crippen molar-refractivity contribution in [2.24, 2.45) is 0 Å². The van der Waals surface area contributed by atoms with Crippen LogP contribution in [0.1, 0.15) is 20.3 Å². The molecule has 0 aliphatic heterocycles. The number of ether oxygens (including phenoxy) is 1. The predicted molar refractivity (Wildman–Crippen MR) is 83.9 cm³/mol. The fraction of sp³-hybridized carbons (Fsp3) is 0.375. The molecule has 0 saturated heterocycles. The predicted octanol–water partition coefficient (Wildman–Crippen LogP) is 4.64. The molecule has 2 nitrogen and oxygen atoms in total. The Hall–Kier alpha value is -1.32. The van der Waals surface area contributed by atoms with Crippen molar-refractivity contribution in [3.8, 4) is 10.4 Å². The molecule has 0 spiro atoms. The van der Waals surface area contributed by atoms with E-state index >= 15 is 0 Å². The van der Waals surface area contributed by atoms with Crippen LogP contribution in [0.5, 0.6) is 0 Å². The Kier molecular flexibility index (Phi) is 4.61. The third-order valence-electron chi connectivity index (χ3n) is 3.31. The van der Waals surface area contributed by atoms with Gasteiger partial charge in [-0.2, -0.15) is 0 Å². The Morgan fingerprint density at radius 3 is 2.63 bits per heavy atom. The third kappa shape index (κ3) is 3.82. The second-order valence-corrected chi connectivity index (χ2v) is 6.11. The van der Waals surface area contributed by atoms with Crippen molar-refractivity contribution in [3.63, 3.8) is 0 Å². The largest absolute Gasteiger partial charge is 0.384 e. The summed E-state index contributed by atoms with van der Waals surface area (Å²) < 4.78 is 5.44. The minimum atomic E-state index is -0.0785. The monoisotopic (exact) mass is 275 g/mol. The van der Waals surface area contributed by atoms with E-state index in [2.05, 4.69) is 60.9 Å². The summed E-state index contributed by atoms with van der Waals surface area (Å²) in [5.74, 6) is 0. The first-order valence-electron chi connectivity index (χ1n) is 6.54. The quantitative estimate of drug-likeness (QED) is 0.829. The highest BCUT2D eigenvalue weighted by Gasteiger charge is 2.15. The molecule has 1 heterocycles. The van der Waals surface area contributed by atoms with Crippen LogP contribution in [0.4, 0.5) is 5.69 Å². The zero-order valence-corrected chi connectivity index (χ0v) is 12.6. The van der Waals surface area contributed by atoms with Crippen LogP contribution >= 0.6 is 11.3 Å². The summed E-state index contributed by atoms with van der Waals surface area (Å²) in [4.78, 5) is 1.30. The van der Waals surface area contributed by atoms with Crippen LogP contribution in [-0.2, 0) is 4.74 Å². The molecule has 0 radical (unpaired) electrons. The summed E-state index contributed by atoms with van der Waals surface area (Å²) in [5.41, 5.74) is 2.38. The molecule has 0 aliphatic rings. The van der Waals surface area contributed by atoms with E-state index in [1.54, 1.807) is 18.4 Å². The minimum Gasteiger partial charge on any atom is -0.384 e. The molecule has 0 atom stereocenters. The number of rotatable bonds is 6. The van der Waals surface area contributed by atoms with Gasteiger partial charge in [0.1, 0.15) is 0 Å². The van der Waals surface area contributed by atoms with E-state index in [-0.39, 0.29) is 5.60 Å². The summed E-state index contributed by atoms with van der Waals surface area (Å²) in [6.45, 7) is 5.13. The van der Waals surface area contributed by atoms with Gasteiger partial charge < -0.3 is 10.1 Å². The maximum atomic E-state index is 5.44. The molecule has 2 aromatic rings. The van der Waals surface area contributed by atoms with Crippen LogP contribution < -0.4 is 5.32 Å². The Balaban J connectivity index is 2.05. The smallest absolute Gasteiger partial charge is 0.0639 e. The summed E-state index contributed by atoms with van der Waals surface area (Å²) in [5, 5.41) is 5.63. The first-order chi connectivity index (χ1) is 9.12. The second kappa shape index (κ2) is 6.22. The van der Waals surface area contributed by atoms with E-state index in [4.69, 9.17) is 4.74 Å². The van der Waals surface area contributed by atoms with Crippen LogP contribution in [0.15, 0.2) is 41.8 Å². The fourth-order valence-corrected chi connectivity index (χ4v) is 2.65. The number of para-hydroxylation sites is 1. The summed E-state index contributed by atoms with van der Waals surface area (Å²) in [6, 6.07) is 12.7. The maximum absolute atomic E-state index is 5.44. The lowest BCUT2D eigenvalue weighted by Gasteiger charge is -2.23. The fourth-order valence-electron chi connectivity index (χ4n) is 1.88.